The number of amides is 1. The smallest absolute Gasteiger partial charge is 0.328 e. The molecule has 0 unspecified atom stereocenters. The number of nitrogens with zero attached hydrogens (tertiary/aromatic N) is 2. The lowest BCUT2D eigenvalue weighted by Crippen LogP contribution is -2.53. The largest absolute Gasteiger partial charge is 0.378 e. The molecule has 1 amide bonds. The Labute approximate surface area is 139 Å². The lowest BCUT2D eigenvalue weighted by atomic mass is 10.0. The second kappa shape index (κ2) is 7.31. The van der Waals surface area contributed by atoms with Gasteiger partial charge in [0, 0.05) is 11.8 Å². The van der Waals surface area contributed by atoms with Crippen molar-refractivity contribution in [2.45, 2.75) is 44.8 Å². The van der Waals surface area contributed by atoms with E-state index in [2.05, 4.69) is 15.2 Å². The summed E-state index contributed by atoms with van der Waals surface area (Å²) in [6, 6.07) is 0.137. The van der Waals surface area contributed by atoms with Gasteiger partial charge >= 0.3 is 5.69 Å². The van der Waals surface area contributed by atoms with E-state index < -0.39 is 11.2 Å². The summed E-state index contributed by atoms with van der Waals surface area (Å²) in [5.41, 5.74) is -0.597. The highest BCUT2D eigenvalue weighted by Gasteiger charge is 2.34. The average Bonchev–Trinajstić information content (AvgIpc) is 3.01. The zero-order valence-electron chi connectivity index (χ0n) is 13.9. The average molecular weight is 336 g/mol. The number of carbonyl (C=O) groups is 1. The standard InChI is InChI=1S/C16H24N4O4/c1-11-7-20(16(23)18-15(11)22)8-14(21)17-12-9-24-10-13(12)19-5-3-2-4-6-19/h7,12-13H,2-6,8-10H2,1H3,(H,17,21)(H,18,22,23)/t12-,13-/m0/s1. The minimum atomic E-state index is -0.573. The van der Waals surface area contributed by atoms with Crippen molar-refractivity contribution in [3.05, 3.63) is 32.6 Å². The number of carbonyl (C=O) groups excluding carboxylic acids is 1. The third-order valence-electron chi connectivity index (χ3n) is 4.76. The Morgan fingerprint density at radius 3 is 2.79 bits per heavy atom. The van der Waals surface area contributed by atoms with Crippen LogP contribution in [0.1, 0.15) is 24.8 Å². The van der Waals surface area contributed by atoms with Crippen molar-refractivity contribution in [1.29, 1.82) is 0 Å². The summed E-state index contributed by atoms with van der Waals surface area (Å²) in [4.78, 5) is 40.1. The van der Waals surface area contributed by atoms with E-state index in [4.69, 9.17) is 4.74 Å². The Balaban J connectivity index is 1.63. The summed E-state index contributed by atoms with van der Waals surface area (Å²) < 4.78 is 6.78. The highest BCUT2D eigenvalue weighted by molar-refractivity contribution is 5.76. The van der Waals surface area contributed by atoms with Gasteiger partial charge in [-0.2, -0.15) is 0 Å². The molecular weight excluding hydrogens is 312 g/mol. The molecule has 132 valence electrons. The third kappa shape index (κ3) is 3.76. The molecular formula is C16H24N4O4. The van der Waals surface area contributed by atoms with E-state index in [1.807, 2.05) is 0 Å². The summed E-state index contributed by atoms with van der Waals surface area (Å²) in [6.45, 7) is 4.69. The molecule has 3 rings (SSSR count). The van der Waals surface area contributed by atoms with Crippen molar-refractivity contribution >= 4 is 5.91 Å². The quantitative estimate of drug-likeness (QED) is 0.751. The van der Waals surface area contributed by atoms with Gasteiger partial charge in [-0.25, -0.2) is 4.79 Å². The van der Waals surface area contributed by atoms with E-state index in [-0.39, 0.29) is 24.5 Å². The second-order valence-corrected chi connectivity index (χ2v) is 6.57. The third-order valence-corrected chi connectivity index (χ3v) is 4.76. The first-order chi connectivity index (χ1) is 11.5. The van der Waals surface area contributed by atoms with Gasteiger partial charge in [0.15, 0.2) is 0 Å². The summed E-state index contributed by atoms with van der Waals surface area (Å²) in [5, 5.41) is 2.98. The molecule has 0 radical (unpaired) electrons. The number of ether oxygens (including phenoxy) is 1. The lowest BCUT2D eigenvalue weighted by molar-refractivity contribution is -0.122. The molecule has 0 spiro atoms. The lowest BCUT2D eigenvalue weighted by Gasteiger charge is -2.34. The topological polar surface area (TPSA) is 96.4 Å². The minimum absolute atomic E-state index is 0.0600. The van der Waals surface area contributed by atoms with E-state index in [1.165, 1.54) is 30.0 Å². The Hall–Kier alpha value is -1.93. The molecule has 1 aromatic rings. The molecule has 0 aliphatic carbocycles. The molecule has 0 bridgehead atoms. The fourth-order valence-electron chi connectivity index (χ4n) is 3.43. The van der Waals surface area contributed by atoms with Crippen LogP contribution in [0.5, 0.6) is 0 Å². The number of aryl methyl sites for hydroxylation is 1. The zero-order chi connectivity index (χ0) is 17.1. The van der Waals surface area contributed by atoms with Crippen molar-refractivity contribution in [3.63, 3.8) is 0 Å². The van der Waals surface area contributed by atoms with Crippen LogP contribution in [0.4, 0.5) is 0 Å². The van der Waals surface area contributed by atoms with E-state index in [1.54, 1.807) is 6.92 Å². The highest BCUT2D eigenvalue weighted by Crippen LogP contribution is 2.18. The van der Waals surface area contributed by atoms with Crippen molar-refractivity contribution in [2.24, 2.45) is 0 Å². The molecule has 0 aromatic carbocycles. The molecule has 2 aliphatic rings. The number of hydrogen-bond donors (Lipinski definition) is 2. The predicted octanol–water partition coefficient (Wildman–Crippen LogP) is -0.785. The van der Waals surface area contributed by atoms with Gasteiger partial charge in [-0.1, -0.05) is 6.42 Å². The van der Waals surface area contributed by atoms with Gasteiger partial charge in [0.25, 0.3) is 5.56 Å². The van der Waals surface area contributed by atoms with Gasteiger partial charge in [-0.05, 0) is 32.9 Å². The number of aromatic nitrogens is 2. The van der Waals surface area contributed by atoms with E-state index in [0.29, 0.717) is 18.8 Å². The first kappa shape index (κ1) is 16.9. The summed E-state index contributed by atoms with van der Waals surface area (Å²) in [7, 11) is 0. The molecule has 8 nitrogen and oxygen atoms in total. The molecule has 24 heavy (non-hydrogen) atoms. The molecule has 8 heteroatoms. The van der Waals surface area contributed by atoms with Crippen LogP contribution in [0.2, 0.25) is 0 Å². The minimum Gasteiger partial charge on any atom is -0.378 e. The van der Waals surface area contributed by atoms with E-state index >= 15 is 0 Å². The maximum absolute atomic E-state index is 12.3. The van der Waals surface area contributed by atoms with Gasteiger partial charge in [-0.3, -0.25) is 24.0 Å². The summed E-state index contributed by atoms with van der Waals surface area (Å²) in [6.07, 6.45) is 5.04. The molecule has 3 heterocycles. The molecule has 1 aromatic heterocycles. The number of hydrogen-bond acceptors (Lipinski definition) is 5. The van der Waals surface area contributed by atoms with Crippen LogP contribution < -0.4 is 16.6 Å². The molecule has 2 N–H and O–H groups in total. The van der Waals surface area contributed by atoms with Gasteiger partial charge in [0.2, 0.25) is 5.91 Å². The van der Waals surface area contributed by atoms with E-state index in [0.717, 1.165) is 13.1 Å². The number of rotatable bonds is 4. The molecule has 0 saturated carbocycles. The van der Waals surface area contributed by atoms with Gasteiger partial charge in [-0.15, -0.1) is 0 Å². The Kier molecular flexibility index (Phi) is 5.15. The number of piperidine rings is 1. The Morgan fingerprint density at radius 2 is 2.04 bits per heavy atom. The normalized spacial score (nSPS) is 24.9. The van der Waals surface area contributed by atoms with Crippen molar-refractivity contribution < 1.29 is 9.53 Å². The first-order valence-electron chi connectivity index (χ1n) is 8.46. The molecule has 2 saturated heterocycles. The highest BCUT2D eigenvalue weighted by atomic mass is 16.5. The zero-order valence-corrected chi connectivity index (χ0v) is 13.9. The number of aromatic amines is 1. The number of H-pyrrole nitrogens is 1. The Bertz CT molecular complexity index is 705. The van der Waals surface area contributed by atoms with Crippen LogP contribution in [0, 0.1) is 6.92 Å². The maximum atomic E-state index is 12.3. The van der Waals surface area contributed by atoms with E-state index in [9.17, 15) is 14.4 Å². The first-order valence-corrected chi connectivity index (χ1v) is 8.46. The van der Waals surface area contributed by atoms with Crippen LogP contribution >= 0.6 is 0 Å². The van der Waals surface area contributed by atoms with Crippen LogP contribution in [0.25, 0.3) is 0 Å². The van der Waals surface area contributed by atoms with Gasteiger partial charge in [0.1, 0.15) is 6.54 Å². The number of nitrogens with one attached hydrogen (secondary N) is 2. The van der Waals surface area contributed by atoms with Crippen molar-refractivity contribution in [1.82, 2.24) is 19.8 Å². The predicted molar refractivity (Wildman–Crippen MR) is 88.0 cm³/mol. The second-order valence-electron chi connectivity index (χ2n) is 6.57. The Morgan fingerprint density at radius 1 is 1.29 bits per heavy atom. The fourth-order valence-corrected chi connectivity index (χ4v) is 3.43. The van der Waals surface area contributed by atoms with Crippen LogP contribution in [0.3, 0.4) is 0 Å². The molecule has 2 aliphatic heterocycles. The number of likely N-dealkylation sites (tertiary alicyclic amines) is 1. The SMILES string of the molecule is Cc1cn(CC(=O)N[C@H]2COC[C@@H]2N2CCCCC2)c(=O)[nH]c1=O. The van der Waals surface area contributed by atoms with Crippen LogP contribution in [0.15, 0.2) is 15.8 Å². The maximum Gasteiger partial charge on any atom is 0.328 e. The van der Waals surface area contributed by atoms with Crippen LogP contribution in [-0.4, -0.2) is 58.7 Å². The van der Waals surface area contributed by atoms with Crippen LogP contribution in [-0.2, 0) is 16.1 Å². The summed E-state index contributed by atoms with van der Waals surface area (Å²) in [5.74, 6) is -0.249. The fraction of sp³-hybridized carbons (Fsp3) is 0.688. The molecule has 2 atom stereocenters. The summed E-state index contributed by atoms with van der Waals surface area (Å²) >= 11 is 0. The van der Waals surface area contributed by atoms with Crippen molar-refractivity contribution in [2.75, 3.05) is 26.3 Å². The van der Waals surface area contributed by atoms with Gasteiger partial charge < -0.3 is 10.1 Å². The van der Waals surface area contributed by atoms with Crippen molar-refractivity contribution in [3.8, 4) is 0 Å². The van der Waals surface area contributed by atoms with Gasteiger partial charge in [0.05, 0.1) is 25.3 Å². The monoisotopic (exact) mass is 336 g/mol. The molecule has 2 fully saturated rings.